The Morgan fingerprint density at radius 2 is 1.82 bits per heavy atom. The summed E-state index contributed by atoms with van der Waals surface area (Å²) >= 11 is 5.86. The molecule has 1 amide bonds. The Morgan fingerprint density at radius 1 is 1.09 bits per heavy atom. The number of esters is 1. The number of hydrogen-bond donors (Lipinski definition) is 1. The summed E-state index contributed by atoms with van der Waals surface area (Å²) in [7, 11) is 1.45. The van der Waals surface area contributed by atoms with Crippen molar-refractivity contribution in [2.45, 2.75) is 13.5 Å². The zero-order valence-electron chi connectivity index (χ0n) is 17.6. The molecule has 0 aliphatic carbocycles. The van der Waals surface area contributed by atoms with Crippen molar-refractivity contribution in [3.63, 3.8) is 0 Å². The molecule has 0 bridgehead atoms. The first-order valence-corrected chi connectivity index (χ1v) is 10.1. The molecular formula is C23H18ClN3O6. The van der Waals surface area contributed by atoms with E-state index in [1.807, 2.05) is 0 Å². The number of amides is 1. The Balaban J connectivity index is 1.50. The number of aromatic nitrogens is 2. The molecule has 33 heavy (non-hydrogen) atoms. The van der Waals surface area contributed by atoms with E-state index in [0.717, 1.165) is 4.57 Å². The molecule has 1 N–H and O–H groups in total. The first-order valence-electron chi connectivity index (χ1n) is 9.76. The van der Waals surface area contributed by atoms with Gasteiger partial charge in [0, 0.05) is 22.7 Å². The molecular weight excluding hydrogens is 450 g/mol. The van der Waals surface area contributed by atoms with Gasteiger partial charge in [0.15, 0.2) is 5.65 Å². The van der Waals surface area contributed by atoms with Crippen LogP contribution < -0.4 is 15.6 Å². The Labute approximate surface area is 192 Å². The lowest BCUT2D eigenvalue weighted by molar-refractivity contribution is 0.0467. The van der Waals surface area contributed by atoms with Gasteiger partial charge in [-0.2, -0.15) is 0 Å². The van der Waals surface area contributed by atoms with Gasteiger partial charge in [-0.05, 0) is 49.4 Å². The van der Waals surface area contributed by atoms with Crippen molar-refractivity contribution in [3.8, 4) is 5.75 Å². The SMILES string of the molecule is COc1ccc(C(=O)OCc2cc(=O)n3oc(C)cc3n2)cc1NC(=O)c1ccc(Cl)cc1. The van der Waals surface area contributed by atoms with Crippen LogP contribution in [-0.2, 0) is 11.3 Å². The number of rotatable bonds is 6. The second-order valence-electron chi connectivity index (χ2n) is 7.04. The van der Waals surface area contributed by atoms with Gasteiger partial charge < -0.3 is 19.3 Å². The largest absolute Gasteiger partial charge is 0.495 e. The van der Waals surface area contributed by atoms with Crippen molar-refractivity contribution in [2.24, 2.45) is 0 Å². The molecule has 0 aliphatic rings. The third-order valence-corrected chi connectivity index (χ3v) is 4.92. The van der Waals surface area contributed by atoms with Crippen molar-refractivity contribution >= 4 is 34.8 Å². The van der Waals surface area contributed by atoms with Crippen LogP contribution >= 0.6 is 11.6 Å². The summed E-state index contributed by atoms with van der Waals surface area (Å²) in [4.78, 5) is 41.5. The Hall–Kier alpha value is -4.11. The molecule has 4 rings (SSSR count). The van der Waals surface area contributed by atoms with Crippen LogP contribution in [0.4, 0.5) is 5.69 Å². The minimum atomic E-state index is -0.662. The topological polar surface area (TPSA) is 112 Å². The number of hydrogen-bond acceptors (Lipinski definition) is 7. The van der Waals surface area contributed by atoms with E-state index in [1.54, 1.807) is 43.3 Å². The van der Waals surface area contributed by atoms with Crippen LogP contribution in [0, 0.1) is 6.92 Å². The van der Waals surface area contributed by atoms with Crippen molar-refractivity contribution < 1.29 is 23.6 Å². The van der Waals surface area contributed by atoms with Crippen LogP contribution in [0.3, 0.4) is 0 Å². The maximum atomic E-state index is 12.6. The fourth-order valence-electron chi connectivity index (χ4n) is 3.10. The normalized spacial score (nSPS) is 10.8. The smallest absolute Gasteiger partial charge is 0.338 e. The fourth-order valence-corrected chi connectivity index (χ4v) is 3.22. The number of methoxy groups -OCH3 is 1. The Morgan fingerprint density at radius 3 is 2.55 bits per heavy atom. The first kappa shape index (κ1) is 22.1. The highest BCUT2D eigenvalue weighted by Crippen LogP contribution is 2.27. The van der Waals surface area contributed by atoms with E-state index in [1.165, 1.54) is 25.3 Å². The lowest BCUT2D eigenvalue weighted by Gasteiger charge is -2.12. The average Bonchev–Trinajstić information content (AvgIpc) is 3.18. The van der Waals surface area contributed by atoms with Crippen LogP contribution in [0.5, 0.6) is 5.75 Å². The third kappa shape index (κ3) is 4.88. The third-order valence-electron chi connectivity index (χ3n) is 4.67. The summed E-state index contributed by atoms with van der Waals surface area (Å²) in [6.45, 7) is 1.48. The number of carbonyl (C=O) groups excluding carboxylic acids is 2. The second kappa shape index (κ2) is 9.17. The van der Waals surface area contributed by atoms with Crippen molar-refractivity contribution in [3.05, 3.63) is 92.6 Å². The quantitative estimate of drug-likeness (QED) is 0.428. The van der Waals surface area contributed by atoms with E-state index in [-0.39, 0.29) is 17.9 Å². The number of aryl methyl sites for hydroxylation is 1. The molecule has 10 heteroatoms. The van der Waals surface area contributed by atoms with E-state index < -0.39 is 17.4 Å². The number of nitrogens with one attached hydrogen (secondary N) is 1. The number of benzene rings is 2. The molecule has 0 spiro atoms. The molecule has 2 heterocycles. The molecule has 0 saturated heterocycles. The average molecular weight is 468 g/mol. The van der Waals surface area contributed by atoms with E-state index in [2.05, 4.69) is 10.3 Å². The van der Waals surface area contributed by atoms with Gasteiger partial charge in [0.25, 0.3) is 11.5 Å². The fraction of sp³-hybridized carbons (Fsp3) is 0.130. The number of carbonyl (C=O) groups is 2. The van der Waals surface area contributed by atoms with Crippen molar-refractivity contribution in [1.82, 2.24) is 9.56 Å². The lowest BCUT2D eigenvalue weighted by Crippen LogP contribution is -2.15. The highest BCUT2D eigenvalue weighted by Gasteiger charge is 2.16. The summed E-state index contributed by atoms with van der Waals surface area (Å²) in [6.07, 6.45) is 0. The van der Waals surface area contributed by atoms with Crippen LogP contribution in [0.15, 0.2) is 63.9 Å². The molecule has 2 aromatic carbocycles. The number of ether oxygens (including phenoxy) is 2. The summed E-state index contributed by atoms with van der Waals surface area (Å²) < 4.78 is 16.9. The highest BCUT2D eigenvalue weighted by molar-refractivity contribution is 6.30. The zero-order valence-corrected chi connectivity index (χ0v) is 18.4. The molecule has 0 radical (unpaired) electrons. The molecule has 168 valence electrons. The predicted octanol–water partition coefficient (Wildman–Crippen LogP) is 3.87. The number of nitrogens with zero attached hydrogens (tertiary/aromatic N) is 2. The summed E-state index contributed by atoms with van der Waals surface area (Å²) in [5.41, 5.74) is 1.03. The van der Waals surface area contributed by atoms with Gasteiger partial charge >= 0.3 is 5.97 Å². The first-order chi connectivity index (χ1) is 15.8. The predicted molar refractivity (Wildman–Crippen MR) is 120 cm³/mol. The van der Waals surface area contributed by atoms with E-state index in [4.69, 9.17) is 25.6 Å². The molecule has 2 aromatic heterocycles. The van der Waals surface area contributed by atoms with Crippen molar-refractivity contribution in [1.29, 1.82) is 0 Å². The number of fused-ring (bicyclic) bond motifs is 1. The van der Waals surface area contributed by atoms with Crippen LogP contribution in [0.25, 0.3) is 5.65 Å². The standard InChI is InChI=1S/C23H18ClN3O6/c1-13-9-20-25-17(11-21(28)27(20)33-13)12-32-23(30)15-5-8-19(31-2)18(10-15)26-22(29)14-3-6-16(24)7-4-14/h3-11H,12H2,1-2H3,(H,26,29). The monoisotopic (exact) mass is 467 g/mol. The van der Waals surface area contributed by atoms with E-state index in [9.17, 15) is 14.4 Å². The lowest BCUT2D eigenvalue weighted by atomic mass is 10.1. The molecule has 0 atom stereocenters. The second-order valence-corrected chi connectivity index (χ2v) is 7.47. The maximum absolute atomic E-state index is 12.6. The molecule has 0 unspecified atom stereocenters. The zero-order chi connectivity index (χ0) is 23.5. The Kier molecular flexibility index (Phi) is 6.14. The van der Waals surface area contributed by atoms with Gasteiger partial charge in [0.05, 0.1) is 24.1 Å². The summed E-state index contributed by atoms with van der Waals surface area (Å²) in [5, 5.41) is 3.22. The van der Waals surface area contributed by atoms with Gasteiger partial charge in [-0.1, -0.05) is 11.6 Å². The summed E-state index contributed by atoms with van der Waals surface area (Å²) in [5.74, 6) is -0.168. The molecule has 9 nitrogen and oxygen atoms in total. The maximum Gasteiger partial charge on any atom is 0.338 e. The molecule has 0 fully saturated rings. The van der Waals surface area contributed by atoms with Gasteiger partial charge in [-0.25, -0.2) is 9.78 Å². The van der Waals surface area contributed by atoms with Gasteiger partial charge in [0.1, 0.15) is 18.1 Å². The van der Waals surface area contributed by atoms with Gasteiger partial charge in [0.2, 0.25) is 0 Å². The minimum absolute atomic E-state index is 0.180. The summed E-state index contributed by atoms with van der Waals surface area (Å²) in [6, 6.07) is 13.7. The highest BCUT2D eigenvalue weighted by atomic mass is 35.5. The minimum Gasteiger partial charge on any atom is -0.495 e. The number of anilines is 1. The van der Waals surface area contributed by atoms with Crippen LogP contribution in [-0.4, -0.2) is 28.5 Å². The molecule has 0 saturated carbocycles. The van der Waals surface area contributed by atoms with Crippen LogP contribution in [0.2, 0.25) is 5.02 Å². The van der Waals surface area contributed by atoms with Crippen molar-refractivity contribution in [2.75, 3.05) is 12.4 Å². The van der Waals surface area contributed by atoms with Crippen LogP contribution in [0.1, 0.15) is 32.2 Å². The molecule has 4 aromatic rings. The van der Waals surface area contributed by atoms with E-state index in [0.29, 0.717) is 33.4 Å². The Bertz CT molecular complexity index is 1410. The molecule has 0 aliphatic heterocycles. The van der Waals surface area contributed by atoms with Gasteiger partial charge in [-0.3, -0.25) is 9.59 Å². The van der Waals surface area contributed by atoms with E-state index >= 15 is 0 Å². The van der Waals surface area contributed by atoms with Gasteiger partial charge in [-0.15, -0.1) is 4.57 Å². The number of halogens is 1.